The number of anilines is 1. The molecule has 2 N–H and O–H groups in total. The number of carbonyl (C=O) groups is 1. The van der Waals surface area contributed by atoms with E-state index in [1.807, 2.05) is 0 Å². The first-order chi connectivity index (χ1) is 6.99. The van der Waals surface area contributed by atoms with Gasteiger partial charge >= 0.3 is 5.69 Å². The highest BCUT2D eigenvalue weighted by Gasteiger charge is 2.26. The number of rotatable bonds is 3. The van der Waals surface area contributed by atoms with Crippen molar-refractivity contribution in [2.75, 3.05) is 11.1 Å². The van der Waals surface area contributed by atoms with Crippen molar-refractivity contribution in [1.29, 1.82) is 0 Å². The van der Waals surface area contributed by atoms with Crippen LogP contribution in [0.25, 0.3) is 0 Å². The summed E-state index contributed by atoms with van der Waals surface area (Å²) in [5.74, 6) is -1.66. The van der Waals surface area contributed by atoms with E-state index in [0.717, 1.165) is 12.1 Å². The van der Waals surface area contributed by atoms with Gasteiger partial charge < -0.3 is 5.73 Å². The fourth-order valence-electron chi connectivity index (χ4n) is 1.11. The number of halogens is 2. The first-order valence-corrected chi connectivity index (χ1v) is 4.92. The van der Waals surface area contributed by atoms with Crippen molar-refractivity contribution in [1.82, 2.24) is 0 Å². The van der Waals surface area contributed by atoms with E-state index >= 15 is 0 Å². The molecular formula is C8H6BrFN2O3. The second-order valence-corrected chi connectivity index (χ2v) is 3.23. The minimum Gasteiger partial charge on any atom is -0.393 e. The highest BCUT2D eigenvalue weighted by atomic mass is 79.9. The van der Waals surface area contributed by atoms with E-state index in [-0.39, 0.29) is 11.0 Å². The Labute approximate surface area is 92.3 Å². The molecule has 0 unspecified atom stereocenters. The predicted octanol–water partition coefficient (Wildman–Crippen LogP) is 1.89. The Kier molecular flexibility index (Phi) is 3.35. The number of nitrogens with two attached hydrogens (primary N) is 1. The highest BCUT2D eigenvalue weighted by molar-refractivity contribution is 9.09. The van der Waals surface area contributed by atoms with Gasteiger partial charge in [0.1, 0.15) is 17.1 Å². The number of nitrogen functional groups attached to an aromatic ring is 1. The number of carbonyl (C=O) groups excluding carboxylic acids is 1. The van der Waals surface area contributed by atoms with Crippen LogP contribution in [-0.4, -0.2) is 16.0 Å². The van der Waals surface area contributed by atoms with E-state index in [1.54, 1.807) is 0 Å². The van der Waals surface area contributed by atoms with Crippen LogP contribution in [0.5, 0.6) is 0 Å². The van der Waals surface area contributed by atoms with Crippen LogP contribution in [-0.2, 0) is 0 Å². The molecule has 0 saturated heterocycles. The smallest absolute Gasteiger partial charge is 0.305 e. The van der Waals surface area contributed by atoms with Crippen molar-refractivity contribution >= 4 is 33.1 Å². The van der Waals surface area contributed by atoms with Gasteiger partial charge in [-0.2, -0.15) is 0 Å². The molecule has 15 heavy (non-hydrogen) atoms. The molecule has 0 radical (unpaired) electrons. The number of Topliss-reactive ketones (excluding diaryl/α,β-unsaturated/α-hetero) is 1. The molecule has 1 rings (SSSR count). The van der Waals surface area contributed by atoms with E-state index in [2.05, 4.69) is 15.9 Å². The Balaban J connectivity index is 3.52. The van der Waals surface area contributed by atoms with Crippen molar-refractivity contribution in [2.24, 2.45) is 0 Å². The highest BCUT2D eigenvalue weighted by Crippen LogP contribution is 2.29. The average Bonchev–Trinajstić information content (AvgIpc) is 2.19. The average molecular weight is 277 g/mol. The molecule has 1 aromatic rings. The standard InChI is InChI=1S/C8H6BrFN2O3/c9-3-6(13)7-4(10)1-2-5(11)8(7)12(14)15/h1-2H,3,11H2. The third-order valence-electron chi connectivity index (χ3n) is 1.74. The quantitative estimate of drug-likeness (QED) is 0.300. The molecule has 7 heteroatoms. The summed E-state index contributed by atoms with van der Waals surface area (Å²) in [4.78, 5) is 21.0. The lowest BCUT2D eigenvalue weighted by Gasteiger charge is -2.03. The monoisotopic (exact) mass is 276 g/mol. The lowest BCUT2D eigenvalue weighted by atomic mass is 10.1. The van der Waals surface area contributed by atoms with Gasteiger partial charge in [-0.15, -0.1) is 0 Å². The van der Waals surface area contributed by atoms with Gasteiger partial charge in [0.05, 0.1) is 10.3 Å². The largest absolute Gasteiger partial charge is 0.393 e. The van der Waals surface area contributed by atoms with Crippen LogP contribution in [0.1, 0.15) is 10.4 Å². The summed E-state index contributed by atoms with van der Waals surface area (Å²) >= 11 is 2.81. The predicted molar refractivity (Wildman–Crippen MR) is 55.6 cm³/mol. The number of nitro benzene ring substituents is 1. The summed E-state index contributed by atoms with van der Waals surface area (Å²) in [5.41, 5.74) is 3.81. The van der Waals surface area contributed by atoms with Gasteiger partial charge in [0.15, 0.2) is 5.78 Å². The van der Waals surface area contributed by atoms with Crippen LogP contribution < -0.4 is 5.73 Å². The minimum atomic E-state index is -0.944. The Hall–Kier alpha value is -1.50. The summed E-state index contributed by atoms with van der Waals surface area (Å²) in [7, 11) is 0. The third kappa shape index (κ3) is 2.12. The topological polar surface area (TPSA) is 86.2 Å². The maximum atomic E-state index is 13.2. The van der Waals surface area contributed by atoms with E-state index in [1.165, 1.54) is 0 Å². The zero-order valence-corrected chi connectivity index (χ0v) is 8.95. The van der Waals surface area contributed by atoms with Crippen molar-refractivity contribution in [3.05, 3.63) is 33.6 Å². The molecule has 0 aliphatic carbocycles. The lowest BCUT2D eigenvalue weighted by molar-refractivity contribution is -0.384. The van der Waals surface area contributed by atoms with Crippen molar-refractivity contribution in [3.8, 4) is 0 Å². The fourth-order valence-corrected chi connectivity index (χ4v) is 1.39. The van der Waals surface area contributed by atoms with Crippen molar-refractivity contribution < 1.29 is 14.1 Å². The molecule has 0 fully saturated rings. The molecule has 0 bridgehead atoms. The number of hydrogen-bond donors (Lipinski definition) is 1. The van der Waals surface area contributed by atoms with Crippen LogP contribution in [0.2, 0.25) is 0 Å². The van der Waals surface area contributed by atoms with Crippen LogP contribution >= 0.6 is 15.9 Å². The molecule has 0 aliphatic rings. The van der Waals surface area contributed by atoms with Crippen LogP contribution in [0.4, 0.5) is 15.8 Å². The van der Waals surface area contributed by atoms with Gasteiger partial charge in [-0.25, -0.2) is 4.39 Å². The summed E-state index contributed by atoms with van der Waals surface area (Å²) in [6, 6.07) is 1.98. The number of benzene rings is 1. The Morgan fingerprint density at radius 1 is 1.60 bits per heavy atom. The van der Waals surface area contributed by atoms with Crippen LogP contribution in [0.3, 0.4) is 0 Å². The minimum absolute atomic E-state index is 0.200. The number of ketones is 1. The number of nitro groups is 1. The van der Waals surface area contributed by atoms with E-state index in [4.69, 9.17) is 5.73 Å². The molecule has 0 saturated carbocycles. The molecule has 0 aromatic heterocycles. The second-order valence-electron chi connectivity index (χ2n) is 2.67. The number of alkyl halides is 1. The molecule has 0 atom stereocenters. The fraction of sp³-hybridized carbons (Fsp3) is 0.125. The first-order valence-electron chi connectivity index (χ1n) is 3.80. The van der Waals surface area contributed by atoms with Crippen molar-refractivity contribution in [3.63, 3.8) is 0 Å². The molecule has 5 nitrogen and oxygen atoms in total. The Bertz CT molecular complexity index is 436. The zero-order chi connectivity index (χ0) is 11.6. The second kappa shape index (κ2) is 4.35. The van der Waals surface area contributed by atoms with Crippen LogP contribution in [0, 0.1) is 15.9 Å². The summed E-state index contributed by atoms with van der Waals surface area (Å²) in [6.45, 7) is 0. The summed E-state index contributed by atoms with van der Waals surface area (Å²) in [6.07, 6.45) is 0. The molecule has 0 aliphatic heterocycles. The summed E-state index contributed by atoms with van der Waals surface area (Å²) in [5, 5.41) is 10.4. The SMILES string of the molecule is Nc1ccc(F)c(C(=O)CBr)c1[N+](=O)[O-]. The van der Waals surface area contributed by atoms with Gasteiger partial charge in [0.25, 0.3) is 0 Å². The molecule has 0 heterocycles. The van der Waals surface area contributed by atoms with E-state index in [9.17, 15) is 19.3 Å². The number of hydrogen-bond acceptors (Lipinski definition) is 4. The van der Waals surface area contributed by atoms with E-state index < -0.39 is 27.8 Å². The van der Waals surface area contributed by atoms with E-state index in [0.29, 0.717) is 0 Å². The molecule has 0 amide bonds. The first kappa shape index (κ1) is 11.6. The Morgan fingerprint density at radius 3 is 2.67 bits per heavy atom. The van der Waals surface area contributed by atoms with Gasteiger partial charge in [-0.3, -0.25) is 14.9 Å². The van der Waals surface area contributed by atoms with Gasteiger partial charge in [0.2, 0.25) is 0 Å². The number of nitrogens with zero attached hydrogens (tertiary/aromatic N) is 1. The molecular weight excluding hydrogens is 271 g/mol. The molecule has 1 aromatic carbocycles. The normalized spacial score (nSPS) is 10.0. The zero-order valence-electron chi connectivity index (χ0n) is 7.37. The van der Waals surface area contributed by atoms with Crippen molar-refractivity contribution in [2.45, 2.75) is 0 Å². The van der Waals surface area contributed by atoms with Gasteiger partial charge in [-0.1, -0.05) is 15.9 Å². The Morgan fingerprint density at radius 2 is 2.20 bits per heavy atom. The molecule has 0 spiro atoms. The maximum Gasteiger partial charge on any atom is 0.305 e. The summed E-state index contributed by atoms with van der Waals surface area (Å²) < 4.78 is 13.2. The maximum absolute atomic E-state index is 13.2. The van der Waals surface area contributed by atoms with Crippen LogP contribution in [0.15, 0.2) is 12.1 Å². The third-order valence-corrected chi connectivity index (χ3v) is 2.25. The van der Waals surface area contributed by atoms with Gasteiger partial charge in [0, 0.05) is 0 Å². The van der Waals surface area contributed by atoms with Gasteiger partial charge in [-0.05, 0) is 12.1 Å². The molecule has 80 valence electrons. The lowest BCUT2D eigenvalue weighted by Crippen LogP contribution is -2.10.